The highest BCUT2D eigenvalue weighted by Crippen LogP contribution is 2.07. The van der Waals surface area contributed by atoms with Gasteiger partial charge in [0.15, 0.2) is 0 Å². The highest BCUT2D eigenvalue weighted by atomic mass is 16.4. The van der Waals surface area contributed by atoms with Gasteiger partial charge in [0.2, 0.25) is 0 Å². The van der Waals surface area contributed by atoms with E-state index in [2.05, 4.69) is 10.3 Å². The average molecular weight is 267 g/mol. The molecule has 1 heterocycles. The van der Waals surface area contributed by atoms with Crippen LogP contribution in [0.15, 0.2) is 61.1 Å². The number of carboxylic acid groups (broad SMARTS) is 1. The fourth-order valence-corrected chi connectivity index (χ4v) is 1.56. The SMILES string of the molecule is N=C(/C=C\Nc1cccnc1)c1ccc(C(=O)O)cc1. The summed E-state index contributed by atoms with van der Waals surface area (Å²) >= 11 is 0. The highest BCUT2D eigenvalue weighted by Gasteiger charge is 2.03. The second-order valence-electron chi connectivity index (χ2n) is 4.02. The van der Waals surface area contributed by atoms with E-state index >= 15 is 0 Å². The molecule has 20 heavy (non-hydrogen) atoms. The molecule has 1 aromatic heterocycles. The maximum absolute atomic E-state index is 10.7. The maximum Gasteiger partial charge on any atom is 0.335 e. The molecule has 0 amide bonds. The van der Waals surface area contributed by atoms with Gasteiger partial charge in [-0.05, 0) is 35.9 Å². The second-order valence-corrected chi connectivity index (χ2v) is 4.02. The van der Waals surface area contributed by atoms with Crippen LogP contribution in [0.5, 0.6) is 0 Å². The fraction of sp³-hybridized carbons (Fsp3) is 0. The maximum atomic E-state index is 10.7. The minimum absolute atomic E-state index is 0.207. The molecule has 2 aromatic rings. The average Bonchev–Trinajstić information content (AvgIpc) is 2.48. The zero-order valence-electron chi connectivity index (χ0n) is 10.6. The summed E-state index contributed by atoms with van der Waals surface area (Å²) in [6.45, 7) is 0. The third-order valence-corrected chi connectivity index (χ3v) is 2.60. The summed E-state index contributed by atoms with van der Waals surface area (Å²) < 4.78 is 0. The van der Waals surface area contributed by atoms with Gasteiger partial charge in [0.1, 0.15) is 0 Å². The van der Waals surface area contributed by atoms with E-state index in [4.69, 9.17) is 10.5 Å². The monoisotopic (exact) mass is 267 g/mol. The number of pyridine rings is 1. The molecule has 3 N–H and O–H groups in total. The van der Waals surface area contributed by atoms with Crippen LogP contribution in [0.3, 0.4) is 0 Å². The van der Waals surface area contributed by atoms with Gasteiger partial charge in [-0.25, -0.2) is 4.79 Å². The molecule has 5 heteroatoms. The number of benzene rings is 1. The van der Waals surface area contributed by atoms with Crippen LogP contribution in [0.2, 0.25) is 0 Å². The summed E-state index contributed by atoms with van der Waals surface area (Å²) in [5.74, 6) is -0.975. The van der Waals surface area contributed by atoms with Crippen molar-refractivity contribution in [2.45, 2.75) is 0 Å². The molecular formula is C15H13N3O2. The van der Waals surface area contributed by atoms with E-state index in [1.54, 1.807) is 36.8 Å². The first-order valence-electron chi connectivity index (χ1n) is 5.92. The van der Waals surface area contributed by atoms with Crippen LogP contribution in [0, 0.1) is 5.41 Å². The lowest BCUT2D eigenvalue weighted by molar-refractivity contribution is 0.0697. The van der Waals surface area contributed by atoms with E-state index in [0.717, 1.165) is 5.69 Å². The Morgan fingerprint density at radius 2 is 1.90 bits per heavy atom. The predicted octanol–water partition coefficient (Wildman–Crippen LogP) is 2.77. The molecule has 0 radical (unpaired) electrons. The molecule has 0 saturated carbocycles. The van der Waals surface area contributed by atoms with Crippen molar-refractivity contribution in [1.29, 1.82) is 5.41 Å². The smallest absolute Gasteiger partial charge is 0.335 e. The molecule has 5 nitrogen and oxygen atoms in total. The highest BCUT2D eigenvalue weighted by molar-refractivity contribution is 6.07. The molecule has 0 spiro atoms. The molecule has 0 aliphatic carbocycles. The number of hydrogen-bond acceptors (Lipinski definition) is 4. The van der Waals surface area contributed by atoms with Gasteiger partial charge in [0.05, 0.1) is 23.2 Å². The number of carbonyl (C=O) groups is 1. The van der Waals surface area contributed by atoms with E-state index in [1.165, 1.54) is 12.1 Å². The minimum Gasteiger partial charge on any atom is -0.478 e. The molecule has 0 bridgehead atoms. The summed E-state index contributed by atoms with van der Waals surface area (Å²) in [6.07, 6.45) is 6.60. The first kappa shape index (κ1) is 13.5. The van der Waals surface area contributed by atoms with Gasteiger partial charge in [-0.15, -0.1) is 0 Å². The molecule has 0 unspecified atom stereocenters. The number of nitrogens with one attached hydrogen (secondary N) is 2. The lowest BCUT2D eigenvalue weighted by Gasteiger charge is -2.01. The Morgan fingerprint density at radius 3 is 2.50 bits per heavy atom. The molecule has 1 aromatic carbocycles. The van der Waals surface area contributed by atoms with Gasteiger partial charge < -0.3 is 15.8 Å². The summed E-state index contributed by atoms with van der Waals surface area (Å²) in [6, 6.07) is 9.86. The topological polar surface area (TPSA) is 86.1 Å². The van der Waals surface area contributed by atoms with E-state index in [0.29, 0.717) is 11.3 Å². The molecule has 100 valence electrons. The number of nitrogens with zero attached hydrogens (tertiary/aromatic N) is 1. The number of hydrogen-bond donors (Lipinski definition) is 3. The van der Waals surface area contributed by atoms with Crippen molar-refractivity contribution in [3.8, 4) is 0 Å². The number of allylic oxidation sites excluding steroid dienone is 1. The number of anilines is 1. The van der Waals surface area contributed by atoms with E-state index in [1.807, 2.05) is 12.1 Å². The van der Waals surface area contributed by atoms with Crippen molar-refractivity contribution in [3.63, 3.8) is 0 Å². The van der Waals surface area contributed by atoms with Crippen LogP contribution in [0.1, 0.15) is 15.9 Å². The van der Waals surface area contributed by atoms with E-state index < -0.39 is 5.97 Å². The minimum atomic E-state index is -0.975. The number of aromatic carboxylic acids is 1. The zero-order chi connectivity index (χ0) is 14.4. The molecule has 0 fully saturated rings. The molecule has 0 saturated heterocycles. The van der Waals surface area contributed by atoms with E-state index in [9.17, 15) is 4.79 Å². The largest absolute Gasteiger partial charge is 0.478 e. The van der Waals surface area contributed by atoms with Crippen LogP contribution < -0.4 is 5.32 Å². The Hall–Kier alpha value is -2.95. The van der Waals surface area contributed by atoms with Crippen LogP contribution in [0.25, 0.3) is 0 Å². The van der Waals surface area contributed by atoms with Crippen LogP contribution in [0.4, 0.5) is 5.69 Å². The van der Waals surface area contributed by atoms with Crippen LogP contribution in [-0.2, 0) is 0 Å². The zero-order valence-corrected chi connectivity index (χ0v) is 10.6. The standard InChI is InChI=1S/C15H13N3O2/c16-14(7-9-18-13-2-1-8-17-10-13)11-3-5-12(6-4-11)15(19)20/h1-10,16,18H,(H,19,20)/b9-7-,16-14?. The van der Waals surface area contributed by atoms with Crippen molar-refractivity contribution in [2.24, 2.45) is 0 Å². The van der Waals surface area contributed by atoms with Gasteiger partial charge in [-0.1, -0.05) is 12.1 Å². The Morgan fingerprint density at radius 1 is 1.20 bits per heavy atom. The van der Waals surface area contributed by atoms with Gasteiger partial charge in [-0.2, -0.15) is 0 Å². The van der Waals surface area contributed by atoms with Crippen molar-refractivity contribution < 1.29 is 9.90 Å². The van der Waals surface area contributed by atoms with Crippen molar-refractivity contribution >= 4 is 17.4 Å². The van der Waals surface area contributed by atoms with Gasteiger partial charge in [0.25, 0.3) is 0 Å². The Kier molecular flexibility index (Phi) is 4.24. The molecule has 0 aliphatic heterocycles. The number of carboxylic acids is 1. The first-order chi connectivity index (χ1) is 9.66. The Bertz CT molecular complexity index is 634. The Balaban J connectivity index is 1.99. The third kappa shape index (κ3) is 3.52. The van der Waals surface area contributed by atoms with Crippen molar-refractivity contribution in [1.82, 2.24) is 4.98 Å². The van der Waals surface area contributed by atoms with Gasteiger partial charge in [-0.3, -0.25) is 4.98 Å². The summed E-state index contributed by atoms with van der Waals surface area (Å²) in [5, 5.41) is 19.7. The lowest BCUT2D eigenvalue weighted by Crippen LogP contribution is -1.99. The van der Waals surface area contributed by atoms with Crippen molar-refractivity contribution in [2.75, 3.05) is 5.32 Å². The molecule has 2 rings (SSSR count). The summed E-state index contributed by atoms with van der Waals surface area (Å²) in [4.78, 5) is 14.7. The number of aromatic nitrogens is 1. The first-order valence-corrected chi connectivity index (χ1v) is 5.92. The normalized spacial score (nSPS) is 10.4. The number of rotatable bonds is 5. The van der Waals surface area contributed by atoms with Gasteiger partial charge in [0, 0.05) is 12.4 Å². The Labute approximate surface area is 116 Å². The lowest BCUT2D eigenvalue weighted by atomic mass is 10.1. The molecule has 0 atom stereocenters. The fourth-order valence-electron chi connectivity index (χ4n) is 1.56. The van der Waals surface area contributed by atoms with Crippen LogP contribution in [-0.4, -0.2) is 21.8 Å². The molecular weight excluding hydrogens is 254 g/mol. The molecule has 0 aliphatic rings. The summed E-state index contributed by atoms with van der Waals surface area (Å²) in [5.41, 5.74) is 1.98. The summed E-state index contributed by atoms with van der Waals surface area (Å²) in [7, 11) is 0. The third-order valence-electron chi connectivity index (χ3n) is 2.60. The predicted molar refractivity (Wildman–Crippen MR) is 77.2 cm³/mol. The van der Waals surface area contributed by atoms with Crippen molar-refractivity contribution in [3.05, 3.63) is 72.2 Å². The second kappa shape index (κ2) is 6.29. The van der Waals surface area contributed by atoms with E-state index in [-0.39, 0.29) is 5.56 Å². The van der Waals surface area contributed by atoms with Gasteiger partial charge >= 0.3 is 5.97 Å². The quantitative estimate of drug-likeness (QED) is 0.727. The van der Waals surface area contributed by atoms with Crippen LogP contribution >= 0.6 is 0 Å².